The summed E-state index contributed by atoms with van der Waals surface area (Å²) in [5, 5.41) is 17.7. The molecule has 1 fully saturated rings. The molecule has 1 saturated heterocycles. The van der Waals surface area contributed by atoms with Crippen LogP contribution < -0.4 is 10.5 Å². The number of morpholine rings is 1. The molecule has 3 aromatic carbocycles. The maximum atomic E-state index is 13.5. The summed E-state index contributed by atoms with van der Waals surface area (Å²) in [5.41, 5.74) is 1.11. The van der Waals surface area contributed by atoms with Gasteiger partial charge in [0.1, 0.15) is 0 Å². The first-order valence-corrected chi connectivity index (χ1v) is 10.8. The van der Waals surface area contributed by atoms with Crippen LogP contribution >= 0.6 is 11.6 Å². The van der Waals surface area contributed by atoms with Crippen molar-refractivity contribution in [3.8, 4) is 16.9 Å². The summed E-state index contributed by atoms with van der Waals surface area (Å²) in [5.74, 6) is 0. The van der Waals surface area contributed by atoms with E-state index in [-0.39, 0.29) is 16.4 Å². The molecule has 0 bridgehead atoms. The number of benzene rings is 3. The third-order valence-corrected chi connectivity index (χ3v) is 6.06. The molecule has 0 saturated carbocycles. The second-order valence-electron chi connectivity index (χ2n) is 7.60. The van der Waals surface area contributed by atoms with Crippen LogP contribution in [0.5, 0.6) is 0 Å². The van der Waals surface area contributed by atoms with Crippen LogP contribution in [0.1, 0.15) is 0 Å². The first kappa shape index (κ1) is 21.1. The first-order valence-electron chi connectivity index (χ1n) is 10.4. The predicted octanol–water partition coefficient (Wildman–Crippen LogP) is 4.45. The summed E-state index contributed by atoms with van der Waals surface area (Å²) in [7, 11) is 0. The van der Waals surface area contributed by atoms with Crippen molar-refractivity contribution < 1.29 is 9.66 Å². The van der Waals surface area contributed by atoms with Gasteiger partial charge in [-0.25, -0.2) is 0 Å². The van der Waals surface area contributed by atoms with Crippen molar-refractivity contribution >= 4 is 33.7 Å². The number of nitro groups is 1. The zero-order chi connectivity index (χ0) is 22.9. The molecule has 33 heavy (non-hydrogen) atoms. The Kier molecular flexibility index (Phi) is 5.53. The maximum absolute atomic E-state index is 13.5. The van der Waals surface area contributed by atoms with Crippen LogP contribution in [0.25, 0.3) is 27.7 Å². The Bertz CT molecular complexity index is 1420. The number of ether oxygens (including phenoxy) is 1. The molecule has 0 aliphatic carbocycles. The number of fused-ring (bicyclic) bond motifs is 1. The van der Waals surface area contributed by atoms with E-state index in [1.807, 2.05) is 47.4 Å². The van der Waals surface area contributed by atoms with E-state index in [0.717, 1.165) is 10.2 Å². The van der Waals surface area contributed by atoms with Crippen molar-refractivity contribution in [1.82, 2.24) is 9.78 Å². The lowest BCUT2D eigenvalue weighted by Gasteiger charge is -2.30. The highest BCUT2D eigenvalue weighted by Crippen LogP contribution is 2.38. The van der Waals surface area contributed by atoms with Gasteiger partial charge < -0.3 is 9.64 Å². The zero-order valence-electron chi connectivity index (χ0n) is 17.5. The lowest BCUT2D eigenvalue weighted by Crippen LogP contribution is -2.36. The van der Waals surface area contributed by atoms with Gasteiger partial charge >= 0.3 is 0 Å². The van der Waals surface area contributed by atoms with Gasteiger partial charge in [0.2, 0.25) is 0 Å². The van der Waals surface area contributed by atoms with Crippen molar-refractivity contribution in [3.05, 3.63) is 92.2 Å². The minimum atomic E-state index is -0.546. The molecule has 0 atom stereocenters. The first-order chi connectivity index (χ1) is 16.1. The smallest absolute Gasteiger partial charge is 0.296 e. The van der Waals surface area contributed by atoms with E-state index in [2.05, 4.69) is 5.10 Å². The van der Waals surface area contributed by atoms with Crippen molar-refractivity contribution in [3.63, 3.8) is 0 Å². The molecule has 2 heterocycles. The average molecular weight is 463 g/mol. The highest BCUT2D eigenvalue weighted by atomic mass is 35.5. The Morgan fingerprint density at radius 2 is 1.61 bits per heavy atom. The topological polar surface area (TPSA) is 90.5 Å². The van der Waals surface area contributed by atoms with Crippen LogP contribution in [0.2, 0.25) is 5.02 Å². The number of rotatable bonds is 4. The number of hydrogen-bond acceptors (Lipinski definition) is 6. The molecule has 1 aliphatic rings. The summed E-state index contributed by atoms with van der Waals surface area (Å²) in [6, 6.07) is 19.5. The van der Waals surface area contributed by atoms with E-state index < -0.39 is 10.5 Å². The van der Waals surface area contributed by atoms with E-state index in [0.29, 0.717) is 48.5 Å². The quantitative estimate of drug-likeness (QED) is 0.328. The second kappa shape index (κ2) is 8.65. The number of nitrogens with zero attached hydrogens (tertiary/aromatic N) is 4. The van der Waals surface area contributed by atoms with Gasteiger partial charge in [-0.1, -0.05) is 60.1 Å². The maximum Gasteiger partial charge on any atom is 0.296 e. The van der Waals surface area contributed by atoms with Crippen molar-refractivity contribution in [2.24, 2.45) is 0 Å². The third-order valence-electron chi connectivity index (χ3n) is 5.69. The summed E-state index contributed by atoms with van der Waals surface area (Å²) < 4.78 is 6.47. The highest BCUT2D eigenvalue weighted by molar-refractivity contribution is 6.35. The Labute approximate surface area is 193 Å². The molecule has 0 N–H and O–H groups in total. The molecule has 0 spiro atoms. The van der Waals surface area contributed by atoms with Gasteiger partial charge in [-0.05, 0) is 12.1 Å². The number of aromatic nitrogens is 2. The molecule has 5 rings (SSSR count). The summed E-state index contributed by atoms with van der Waals surface area (Å²) in [6.45, 7) is 2.22. The van der Waals surface area contributed by atoms with Crippen LogP contribution in [-0.4, -0.2) is 41.0 Å². The molecule has 8 nitrogen and oxygen atoms in total. The molecular weight excluding hydrogens is 444 g/mol. The lowest BCUT2D eigenvalue weighted by atomic mass is 10.1. The largest absolute Gasteiger partial charge is 0.378 e. The van der Waals surface area contributed by atoms with Crippen LogP contribution in [0.4, 0.5) is 11.4 Å². The fourth-order valence-electron chi connectivity index (χ4n) is 4.09. The van der Waals surface area contributed by atoms with E-state index in [9.17, 15) is 14.9 Å². The Morgan fingerprint density at radius 1 is 0.939 bits per heavy atom. The molecule has 1 aliphatic heterocycles. The van der Waals surface area contributed by atoms with Crippen molar-refractivity contribution in [2.75, 3.05) is 31.2 Å². The van der Waals surface area contributed by atoms with E-state index in [1.165, 1.54) is 6.07 Å². The fraction of sp³-hybridized carbons (Fsp3) is 0.167. The standard InChI is InChI=1S/C24H19ClN4O4/c25-21-19(27-12-14-33-15-13-27)10-11-20(29(31)32)23(21)28-24(30)18-9-5-4-8-17(18)22(26-28)16-6-2-1-3-7-16/h1-11H,12-15H2. The van der Waals surface area contributed by atoms with Gasteiger partial charge in [-0.2, -0.15) is 9.78 Å². The summed E-state index contributed by atoms with van der Waals surface area (Å²) >= 11 is 6.76. The molecular formula is C24H19ClN4O4. The third kappa shape index (κ3) is 3.73. The lowest BCUT2D eigenvalue weighted by molar-refractivity contribution is -0.384. The Hall–Kier alpha value is -3.75. The number of anilines is 1. The van der Waals surface area contributed by atoms with Crippen LogP contribution in [-0.2, 0) is 4.74 Å². The van der Waals surface area contributed by atoms with Crippen LogP contribution in [0.3, 0.4) is 0 Å². The van der Waals surface area contributed by atoms with Gasteiger partial charge in [-0.3, -0.25) is 14.9 Å². The van der Waals surface area contributed by atoms with Crippen molar-refractivity contribution in [1.29, 1.82) is 0 Å². The van der Waals surface area contributed by atoms with E-state index in [4.69, 9.17) is 16.3 Å². The molecule has 0 amide bonds. The van der Waals surface area contributed by atoms with Crippen molar-refractivity contribution in [2.45, 2.75) is 0 Å². The molecule has 4 aromatic rings. The Balaban J connectivity index is 1.83. The van der Waals surface area contributed by atoms with Gasteiger partial charge in [0, 0.05) is 30.1 Å². The van der Waals surface area contributed by atoms with Gasteiger partial charge in [0.25, 0.3) is 11.2 Å². The molecule has 0 radical (unpaired) electrons. The number of nitro benzene ring substituents is 1. The minimum Gasteiger partial charge on any atom is -0.378 e. The normalized spacial score (nSPS) is 13.9. The predicted molar refractivity (Wildman–Crippen MR) is 127 cm³/mol. The fourth-order valence-corrected chi connectivity index (χ4v) is 4.45. The number of hydrogen-bond donors (Lipinski definition) is 0. The minimum absolute atomic E-state index is 0.0430. The summed E-state index contributed by atoms with van der Waals surface area (Å²) in [4.78, 5) is 26.9. The summed E-state index contributed by atoms with van der Waals surface area (Å²) in [6.07, 6.45) is 0. The van der Waals surface area contributed by atoms with Gasteiger partial charge in [0.05, 0.1) is 39.9 Å². The highest BCUT2D eigenvalue weighted by Gasteiger charge is 2.27. The molecule has 0 unspecified atom stereocenters. The number of halogens is 1. The van der Waals surface area contributed by atoms with Gasteiger partial charge in [0.15, 0.2) is 5.69 Å². The van der Waals surface area contributed by atoms with Crippen LogP contribution in [0, 0.1) is 10.1 Å². The average Bonchev–Trinajstić information content (AvgIpc) is 2.85. The monoisotopic (exact) mass is 462 g/mol. The van der Waals surface area contributed by atoms with Crippen LogP contribution in [0.15, 0.2) is 71.5 Å². The SMILES string of the molecule is O=c1c2ccccc2c(-c2ccccc2)nn1-c1c([N+](=O)[O-])ccc(N2CCOCC2)c1Cl. The molecule has 166 valence electrons. The van der Waals surface area contributed by atoms with E-state index >= 15 is 0 Å². The Morgan fingerprint density at radius 3 is 2.30 bits per heavy atom. The molecule has 1 aromatic heterocycles. The van der Waals surface area contributed by atoms with Gasteiger partial charge in [-0.15, -0.1) is 0 Å². The van der Waals surface area contributed by atoms with E-state index in [1.54, 1.807) is 18.2 Å². The zero-order valence-corrected chi connectivity index (χ0v) is 18.2. The second-order valence-corrected chi connectivity index (χ2v) is 7.98. The molecule has 9 heteroatoms.